The molecule has 8 heteroatoms. The third-order valence-corrected chi connectivity index (χ3v) is 6.77. The molecule has 2 atom stereocenters. The fourth-order valence-corrected chi connectivity index (χ4v) is 5.12. The Labute approximate surface area is 212 Å². The number of carbonyl (C=O) groups is 2. The average molecular weight is 504 g/mol. The summed E-state index contributed by atoms with van der Waals surface area (Å²) in [5.41, 5.74) is 2.74. The van der Waals surface area contributed by atoms with Crippen molar-refractivity contribution in [3.05, 3.63) is 118 Å². The zero-order valence-electron chi connectivity index (χ0n) is 20.0. The molecule has 0 spiro atoms. The van der Waals surface area contributed by atoms with Gasteiger partial charge in [0.05, 0.1) is 17.2 Å². The van der Waals surface area contributed by atoms with Gasteiger partial charge in [0, 0.05) is 40.8 Å². The predicted octanol–water partition coefficient (Wildman–Crippen LogP) is 6.10. The quantitative estimate of drug-likeness (QED) is 0.451. The first-order valence-corrected chi connectivity index (χ1v) is 11.9. The lowest BCUT2D eigenvalue weighted by molar-refractivity contribution is -0.137. The molecule has 2 aromatic carbocycles. The average Bonchev–Trinajstić information content (AvgIpc) is 2.88. The first kappa shape index (κ1) is 24.5. The Kier molecular flexibility index (Phi) is 6.41. The van der Waals surface area contributed by atoms with E-state index in [1.54, 1.807) is 31.3 Å². The molecule has 1 aliphatic carbocycles. The lowest BCUT2D eigenvalue weighted by Crippen LogP contribution is -2.37. The van der Waals surface area contributed by atoms with Crippen molar-refractivity contribution < 1.29 is 22.8 Å². The summed E-state index contributed by atoms with van der Waals surface area (Å²) in [6.07, 6.45) is -2.07. The van der Waals surface area contributed by atoms with Gasteiger partial charge >= 0.3 is 6.18 Å². The summed E-state index contributed by atoms with van der Waals surface area (Å²) in [5, 5.41) is 5.87. The number of nitrogens with one attached hydrogen (secondary N) is 2. The van der Waals surface area contributed by atoms with E-state index in [0.717, 1.165) is 23.4 Å². The lowest BCUT2D eigenvalue weighted by Gasteiger charge is -2.36. The van der Waals surface area contributed by atoms with Crippen LogP contribution in [-0.2, 0) is 15.8 Å². The molecule has 1 aliphatic heterocycles. The number of aromatic nitrogens is 1. The molecule has 0 saturated carbocycles. The summed E-state index contributed by atoms with van der Waals surface area (Å²) in [6.45, 7) is 1.73. The van der Waals surface area contributed by atoms with Crippen LogP contribution >= 0.6 is 0 Å². The van der Waals surface area contributed by atoms with Crippen LogP contribution in [0.3, 0.4) is 0 Å². The Hall–Kier alpha value is -4.20. The van der Waals surface area contributed by atoms with Crippen molar-refractivity contribution in [1.29, 1.82) is 0 Å². The number of benzene rings is 2. The molecule has 2 heterocycles. The number of pyridine rings is 1. The van der Waals surface area contributed by atoms with E-state index in [4.69, 9.17) is 0 Å². The largest absolute Gasteiger partial charge is 0.416 e. The number of anilines is 1. The predicted molar refractivity (Wildman–Crippen MR) is 133 cm³/mol. The minimum Gasteiger partial charge on any atom is -0.362 e. The number of carbonyl (C=O) groups excluding carboxylic acids is 2. The summed E-state index contributed by atoms with van der Waals surface area (Å²) in [4.78, 5) is 31.6. The van der Waals surface area contributed by atoms with E-state index >= 15 is 0 Å². The van der Waals surface area contributed by atoms with Crippen molar-refractivity contribution in [1.82, 2.24) is 10.3 Å². The minimum absolute atomic E-state index is 0.00221. The summed E-state index contributed by atoms with van der Waals surface area (Å²) in [7, 11) is 0. The van der Waals surface area contributed by atoms with Crippen LogP contribution in [0.4, 0.5) is 18.9 Å². The molecule has 1 aromatic heterocycles. The second-order valence-electron chi connectivity index (χ2n) is 9.22. The Bertz CT molecular complexity index is 1410. The van der Waals surface area contributed by atoms with Crippen molar-refractivity contribution in [2.75, 3.05) is 5.32 Å². The molecule has 5 nitrogen and oxygen atoms in total. The van der Waals surface area contributed by atoms with E-state index in [1.807, 2.05) is 30.3 Å². The molecule has 0 fully saturated rings. The second kappa shape index (κ2) is 9.69. The van der Waals surface area contributed by atoms with Crippen LogP contribution in [0, 0.1) is 0 Å². The number of nitrogens with zero attached hydrogens (tertiary/aromatic N) is 1. The monoisotopic (exact) mass is 503 g/mol. The Morgan fingerprint density at radius 2 is 1.76 bits per heavy atom. The van der Waals surface area contributed by atoms with Crippen molar-refractivity contribution >= 4 is 17.4 Å². The maximum absolute atomic E-state index is 13.6. The van der Waals surface area contributed by atoms with Crippen LogP contribution < -0.4 is 10.6 Å². The Balaban J connectivity index is 1.52. The molecule has 3 aromatic rings. The number of rotatable bonds is 4. The third kappa shape index (κ3) is 4.91. The number of amides is 1. The summed E-state index contributed by atoms with van der Waals surface area (Å²) in [6, 6.07) is 19.6. The Morgan fingerprint density at radius 1 is 1.00 bits per heavy atom. The fraction of sp³-hybridized carbons (Fsp3) is 0.207. The molecule has 0 bridgehead atoms. The molecular formula is C29H24F3N3O2. The van der Waals surface area contributed by atoms with Gasteiger partial charge in [-0.1, -0.05) is 42.5 Å². The van der Waals surface area contributed by atoms with Gasteiger partial charge in [-0.2, -0.15) is 13.2 Å². The minimum atomic E-state index is -4.54. The molecule has 2 N–H and O–H groups in total. The summed E-state index contributed by atoms with van der Waals surface area (Å²) in [5.74, 6) is -1.43. The first-order chi connectivity index (χ1) is 17.7. The maximum Gasteiger partial charge on any atom is 0.416 e. The second-order valence-corrected chi connectivity index (χ2v) is 9.22. The number of alkyl halides is 3. The topological polar surface area (TPSA) is 71.1 Å². The summed E-state index contributed by atoms with van der Waals surface area (Å²) >= 11 is 0. The van der Waals surface area contributed by atoms with E-state index in [0.29, 0.717) is 23.4 Å². The van der Waals surface area contributed by atoms with Gasteiger partial charge in [-0.3, -0.25) is 14.6 Å². The molecule has 37 heavy (non-hydrogen) atoms. The first-order valence-electron chi connectivity index (χ1n) is 11.9. The van der Waals surface area contributed by atoms with Crippen molar-refractivity contribution in [3.63, 3.8) is 0 Å². The van der Waals surface area contributed by atoms with Gasteiger partial charge in [-0.25, -0.2) is 0 Å². The smallest absolute Gasteiger partial charge is 0.362 e. The van der Waals surface area contributed by atoms with Gasteiger partial charge in [0.1, 0.15) is 0 Å². The van der Waals surface area contributed by atoms with Gasteiger partial charge in [0.15, 0.2) is 5.78 Å². The normalized spacial score (nSPS) is 19.8. The van der Waals surface area contributed by atoms with Crippen molar-refractivity contribution in [3.8, 4) is 0 Å². The molecule has 0 saturated heterocycles. The molecule has 2 aliphatic rings. The van der Waals surface area contributed by atoms with Crippen LogP contribution in [-0.4, -0.2) is 16.7 Å². The zero-order chi connectivity index (χ0) is 26.2. The SMILES string of the molecule is CC1=C(C(=O)Nc2cccc(C(F)(F)F)c2)[C@H](c2ccccn2)C2=C(C[C@@H](c3ccccc3)CC2=O)N1. The highest BCUT2D eigenvalue weighted by atomic mass is 19.4. The van der Waals surface area contributed by atoms with Crippen molar-refractivity contribution in [2.24, 2.45) is 0 Å². The van der Waals surface area contributed by atoms with Gasteiger partial charge < -0.3 is 10.6 Å². The van der Waals surface area contributed by atoms with Gasteiger partial charge in [0.2, 0.25) is 0 Å². The van der Waals surface area contributed by atoms with Crippen LogP contribution in [0.15, 0.2) is 102 Å². The number of dihydropyridines is 1. The van der Waals surface area contributed by atoms with Crippen LogP contribution in [0.25, 0.3) is 0 Å². The number of allylic oxidation sites excluding steroid dienone is 3. The molecule has 188 valence electrons. The summed E-state index contributed by atoms with van der Waals surface area (Å²) < 4.78 is 39.6. The van der Waals surface area contributed by atoms with E-state index in [-0.39, 0.29) is 29.4 Å². The van der Waals surface area contributed by atoms with Crippen LogP contribution in [0.2, 0.25) is 0 Å². The lowest BCUT2D eigenvalue weighted by atomic mass is 9.72. The fourth-order valence-electron chi connectivity index (χ4n) is 5.12. The van der Waals surface area contributed by atoms with Crippen LogP contribution in [0.1, 0.15) is 48.4 Å². The highest BCUT2D eigenvalue weighted by molar-refractivity contribution is 6.09. The molecule has 1 amide bonds. The Morgan fingerprint density at radius 3 is 2.46 bits per heavy atom. The molecular weight excluding hydrogens is 479 g/mol. The standard InChI is InChI=1S/C29H24F3N3O2/c1-17-25(28(37)35-21-11-7-10-20(16-21)29(30,31)32)27(22-12-5-6-13-33-22)26-23(34-17)14-19(15-24(26)36)18-8-3-2-4-9-18/h2-13,16,19,27,34H,14-15H2,1H3,(H,35,37)/t19-,27+/m1/s1. The molecule has 0 radical (unpaired) electrons. The van der Waals surface area contributed by atoms with Crippen LogP contribution in [0.5, 0.6) is 0 Å². The number of hydrogen-bond donors (Lipinski definition) is 2. The number of hydrogen-bond acceptors (Lipinski definition) is 4. The van der Waals surface area contributed by atoms with Gasteiger partial charge in [-0.15, -0.1) is 0 Å². The molecule has 0 unspecified atom stereocenters. The maximum atomic E-state index is 13.6. The molecule has 5 rings (SSSR count). The third-order valence-electron chi connectivity index (χ3n) is 6.77. The van der Waals surface area contributed by atoms with E-state index in [2.05, 4.69) is 15.6 Å². The highest BCUT2D eigenvalue weighted by Gasteiger charge is 2.41. The van der Waals surface area contributed by atoms with Crippen molar-refractivity contribution in [2.45, 2.75) is 37.8 Å². The van der Waals surface area contributed by atoms with E-state index in [1.165, 1.54) is 12.1 Å². The number of halogens is 3. The van der Waals surface area contributed by atoms with E-state index < -0.39 is 23.6 Å². The number of ketones is 1. The van der Waals surface area contributed by atoms with E-state index in [9.17, 15) is 22.8 Å². The zero-order valence-corrected chi connectivity index (χ0v) is 20.0. The number of Topliss-reactive ketones (excluding diaryl/α,β-unsaturated/α-hetero) is 1. The van der Waals surface area contributed by atoms with Gasteiger partial charge in [0.25, 0.3) is 5.91 Å². The highest BCUT2D eigenvalue weighted by Crippen LogP contribution is 2.45. The van der Waals surface area contributed by atoms with Gasteiger partial charge in [-0.05, 0) is 55.2 Å².